The second-order valence-corrected chi connectivity index (χ2v) is 17.3. The van der Waals surface area contributed by atoms with Gasteiger partial charge in [-0.25, -0.2) is 0 Å². The van der Waals surface area contributed by atoms with Crippen molar-refractivity contribution in [1.82, 2.24) is 0 Å². The molecule has 2 heterocycles. The van der Waals surface area contributed by atoms with E-state index in [4.69, 9.17) is 9.47 Å². The zero-order valence-electron chi connectivity index (χ0n) is 31.7. The number of hydrogen-bond donors (Lipinski definition) is 2. The van der Waals surface area contributed by atoms with Crippen molar-refractivity contribution < 1.29 is 38.9 Å². The Morgan fingerprint density at radius 3 is 2.18 bits per heavy atom. The van der Waals surface area contributed by atoms with Crippen molar-refractivity contribution in [2.75, 3.05) is 7.11 Å². The monoisotopic (exact) mass is 684 g/mol. The fourth-order valence-electron chi connectivity index (χ4n) is 9.39. The molecule has 0 amide bonds. The molecule has 276 valence electrons. The third-order valence-corrected chi connectivity index (χ3v) is 12.9. The number of methoxy groups -OCH3 is 1. The second kappa shape index (κ2) is 15.6. The molecule has 2 N–H and O–H groups in total. The quantitative estimate of drug-likeness (QED) is 0.230. The van der Waals surface area contributed by atoms with Gasteiger partial charge in [-0.1, -0.05) is 63.3 Å². The van der Waals surface area contributed by atoms with Crippen LogP contribution in [0, 0.1) is 40.9 Å². The maximum absolute atomic E-state index is 14.7. The fourth-order valence-corrected chi connectivity index (χ4v) is 9.39. The standard InChI is InChI=1S/C41H64O8/c1-24(2)30-22-33(42)27(5)12-10-11-25(3)20-34(43)32-21-28(6)29-15-17-39(7,46)37-16-18-40(8,47)36(49-37)14-13-26(4)19-31(29)41(32,23-35(30)44)38(45)48-9/h19,24-25,27,30-32,36-37,46-47H,10-18,20-23H2,1-9H3/b26-19+/t25-,27+,30-,31-,32+,36-,37+,39-,40+,41-/m0/s1. The summed E-state index contributed by atoms with van der Waals surface area (Å²) >= 11 is 0. The molecular formula is C41H64O8. The average molecular weight is 685 g/mol. The Kier molecular flexibility index (Phi) is 12.6. The van der Waals surface area contributed by atoms with Crippen LogP contribution < -0.4 is 0 Å². The topological polar surface area (TPSA) is 127 Å². The molecule has 1 saturated heterocycles. The lowest BCUT2D eigenvalue weighted by Crippen LogP contribution is -2.55. The zero-order chi connectivity index (χ0) is 36.5. The predicted octanol–water partition coefficient (Wildman–Crippen LogP) is 7.27. The minimum atomic E-state index is -1.50. The van der Waals surface area contributed by atoms with Gasteiger partial charge in [0.1, 0.15) is 17.3 Å². The van der Waals surface area contributed by atoms with Crippen molar-refractivity contribution in [3.05, 3.63) is 22.8 Å². The number of hydrogen-bond acceptors (Lipinski definition) is 8. The molecule has 1 saturated carbocycles. The van der Waals surface area contributed by atoms with E-state index in [1.165, 1.54) is 7.11 Å². The van der Waals surface area contributed by atoms with Crippen LogP contribution in [0.2, 0.25) is 0 Å². The van der Waals surface area contributed by atoms with E-state index in [1.807, 2.05) is 34.6 Å². The van der Waals surface area contributed by atoms with Crippen molar-refractivity contribution in [2.45, 2.75) is 162 Å². The summed E-state index contributed by atoms with van der Waals surface area (Å²) in [4.78, 5) is 57.3. The normalized spacial score (nSPS) is 41.8. The summed E-state index contributed by atoms with van der Waals surface area (Å²) in [5, 5.41) is 23.1. The first-order valence-electron chi connectivity index (χ1n) is 19.0. The van der Waals surface area contributed by atoms with E-state index in [1.54, 1.807) is 13.8 Å². The summed E-state index contributed by atoms with van der Waals surface area (Å²) in [6, 6.07) is 0. The molecule has 0 unspecified atom stereocenters. The summed E-state index contributed by atoms with van der Waals surface area (Å²) in [5.41, 5.74) is -0.797. The Balaban J connectivity index is 1.94. The minimum absolute atomic E-state index is 0.0190. The fraction of sp³-hybridized carbons (Fsp3) is 0.805. The minimum Gasteiger partial charge on any atom is -0.469 e. The molecule has 0 aromatic rings. The van der Waals surface area contributed by atoms with Gasteiger partial charge >= 0.3 is 5.97 Å². The average Bonchev–Trinajstić information content (AvgIpc) is 3.01. The SMILES string of the molecule is COC(=O)[C@]12CC(=O)[C@H](C(C)C)CC(=O)[C@H](C)CCC[C@H](C)CC(=O)[C@H]1CC(C)=C1CC[C@](C)(O)[C@H]3CC[C@@](C)(O)[C@H](CC/C(C)=C/[C@@H]12)O3. The highest BCUT2D eigenvalue weighted by atomic mass is 16.5. The van der Waals surface area contributed by atoms with Crippen LogP contribution >= 0.6 is 0 Å². The lowest BCUT2D eigenvalue weighted by Gasteiger charge is -2.49. The lowest BCUT2D eigenvalue weighted by molar-refractivity contribution is -0.216. The van der Waals surface area contributed by atoms with Crippen LogP contribution in [0.3, 0.4) is 0 Å². The highest BCUT2D eigenvalue weighted by molar-refractivity contribution is 5.97. The van der Waals surface area contributed by atoms with Gasteiger partial charge in [0.15, 0.2) is 0 Å². The molecule has 2 aliphatic carbocycles. The summed E-state index contributed by atoms with van der Waals surface area (Å²) in [5.74, 6) is -2.90. The molecule has 49 heavy (non-hydrogen) atoms. The summed E-state index contributed by atoms with van der Waals surface area (Å²) in [6.45, 7) is 15.5. The summed E-state index contributed by atoms with van der Waals surface area (Å²) < 4.78 is 12.0. The number of rotatable bonds is 2. The highest BCUT2D eigenvalue weighted by Gasteiger charge is 2.59. The van der Waals surface area contributed by atoms with E-state index in [-0.39, 0.29) is 54.4 Å². The van der Waals surface area contributed by atoms with E-state index in [0.717, 1.165) is 36.0 Å². The Morgan fingerprint density at radius 2 is 1.53 bits per heavy atom. The van der Waals surface area contributed by atoms with Gasteiger partial charge in [-0.2, -0.15) is 0 Å². The van der Waals surface area contributed by atoms with Crippen LogP contribution in [0.15, 0.2) is 22.8 Å². The number of esters is 1. The molecule has 2 fully saturated rings. The number of allylic oxidation sites excluding steroid dienone is 4. The number of fused-ring (bicyclic) bond motifs is 5. The Bertz CT molecular complexity index is 1320. The number of carbonyl (C=O) groups is 4. The number of ketones is 3. The van der Waals surface area contributed by atoms with E-state index < -0.39 is 52.5 Å². The van der Waals surface area contributed by atoms with E-state index >= 15 is 0 Å². The number of aliphatic hydroxyl groups is 2. The zero-order valence-corrected chi connectivity index (χ0v) is 31.7. The molecule has 0 aromatic heterocycles. The molecule has 0 radical (unpaired) electrons. The Morgan fingerprint density at radius 1 is 0.878 bits per heavy atom. The van der Waals surface area contributed by atoms with Crippen LogP contribution in [0.1, 0.15) is 139 Å². The number of Topliss-reactive ketones (excluding diaryl/α,β-unsaturated/α-hetero) is 3. The molecular weight excluding hydrogens is 620 g/mol. The van der Waals surface area contributed by atoms with Crippen LogP contribution in [0.4, 0.5) is 0 Å². The first kappa shape index (κ1) is 39.6. The van der Waals surface area contributed by atoms with Crippen molar-refractivity contribution in [3.8, 4) is 0 Å². The molecule has 8 nitrogen and oxygen atoms in total. The van der Waals surface area contributed by atoms with E-state index in [9.17, 15) is 29.4 Å². The molecule has 4 rings (SSSR count). The molecule has 10 atom stereocenters. The second-order valence-electron chi connectivity index (χ2n) is 17.3. The van der Waals surface area contributed by atoms with Crippen LogP contribution in [-0.4, -0.2) is 64.1 Å². The number of carbonyl (C=O) groups excluding carboxylic acids is 4. The molecule has 8 heteroatoms. The summed E-state index contributed by atoms with van der Waals surface area (Å²) in [6.07, 6.45) is 6.98. The van der Waals surface area contributed by atoms with Gasteiger partial charge in [-0.05, 0) is 90.9 Å². The van der Waals surface area contributed by atoms with Gasteiger partial charge in [-0.15, -0.1) is 0 Å². The van der Waals surface area contributed by atoms with E-state index in [0.29, 0.717) is 44.9 Å². The van der Waals surface area contributed by atoms with Crippen LogP contribution in [0.5, 0.6) is 0 Å². The van der Waals surface area contributed by atoms with Crippen molar-refractivity contribution >= 4 is 23.3 Å². The smallest absolute Gasteiger partial charge is 0.313 e. The first-order valence-corrected chi connectivity index (χ1v) is 19.0. The van der Waals surface area contributed by atoms with Gasteiger partial charge in [-0.3, -0.25) is 19.2 Å². The van der Waals surface area contributed by atoms with E-state index in [2.05, 4.69) is 13.0 Å². The van der Waals surface area contributed by atoms with Crippen molar-refractivity contribution in [3.63, 3.8) is 0 Å². The maximum Gasteiger partial charge on any atom is 0.313 e. The first-order chi connectivity index (χ1) is 22.8. The van der Waals surface area contributed by atoms with Crippen LogP contribution in [-0.2, 0) is 28.7 Å². The summed E-state index contributed by atoms with van der Waals surface area (Å²) in [7, 11) is 1.34. The molecule has 0 spiro atoms. The maximum atomic E-state index is 14.7. The van der Waals surface area contributed by atoms with Gasteiger partial charge in [0.25, 0.3) is 0 Å². The molecule has 2 bridgehead atoms. The third kappa shape index (κ3) is 8.49. The van der Waals surface area contributed by atoms with Crippen molar-refractivity contribution in [1.29, 1.82) is 0 Å². The number of ether oxygens (including phenoxy) is 2. The van der Waals surface area contributed by atoms with Gasteiger partial charge in [0, 0.05) is 42.9 Å². The van der Waals surface area contributed by atoms with Gasteiger partial charge in [0.2, 0.25) is 0 Å². The van der Waals surface area contributed by atoms with Crippen molar-refractivity contribution in [2.24, 2.45) is 40.9 Å². The van der Waals surface area contributed by atoms with Gasteiger partial charge in [0.05, 0.1) is 35.9 Å². The highest BCUT2D eigenvalue weighted by Crippen LogP contribution is 2.56. The van der Waals surface area contributed by atoms with Crippen LogP contribution in [0.25, 0.3) is 0 Å². The largest absolute Gasteiger partial charge is 0.469 e. The third-order valence-electron chi connectivity index (χ3n) is 12.9. The lowest BCUT2D eigenvalue weighted by atomic mass is 9.53. The Hall–Kier alpha value is -2.16. The van der Waals surface area contributed by atoms with Gasteiger partial charge < -0.3 is 19.7 Å². The molecule has 4 aliphatic rings. The Labute approximate surface area is 294 Å². The molecule has 0 aromatic carbocycles. The predicted molar refractivity (Wildman–Crippen MR) is 189 cm³/mol. The molecule has 2 aliphatic heterocycles.